The third-order valence-electron chi connectivity index (χ3n) is 4.74. The summed E-state index contributed by atoms with van der Waals surface area (Å²) < 4.78 is 0. The molecule has 0 aromatic heterocycles. The highest BCUT2D eigenvalue weighted by atomic mass is 14.2. The summed E-state index contributed by atoms with van der Waals surface area (Å²) in [7, 11) is 0. The van der Waals surface area contributed by atoms with Gasteiger partial charge in [0.1, 0.15) is 0 Å². The van der Waals surface area contributed by atoms with E-state index in [0.717, 1.165) is 11.8 Å². The van der Waals surface area contributed by atoms with Gasteiger partial charge in [-0.3, -0.25) is 0 Å². The quantitative estimate of drug-likeness (QED) is 0.445. The lowest BCUT2D eigenvalue weighted by Gasteiger charge is -2.22. The van der Waals surface area contributed by atoms with E-state index < -0.39 is 0 Å². The molecule has 3 rings (SSSR count). The molecule has 0 atom stereocenters. The molecule has 1 aliphatic carbocycles. The van der Waals surface area contributed by atoms with E-state index in [9.17, 15) is 0 Å². The maximum absolute atomic E-state index is 2.37. The summed E-state index contributed by atoms with van der Waals surface area (Å²) in [5.74, 6) is 2.04. The van der Waals surface area contributed by atoms with Crippen LogP contribution in [0.1, 0.15) is 75.6 Å². The van der Waals surface area contributed by atoms with Crippen LogP contribution in [-0.4, -0.2) is 0 Å². The van der Waals surface area contributed by atoms with Gasteiger partial charge in [-0.2, -0.15) is 0 Å². The molecule has 0 radical (unpaired) electrons. The molecule has 26 heavy (non-hydrogen) atoms. The van der Waals surface area contributed by atoms with E-state index in [1.807, 2.05) is 13.8 Å². The van der Waals surface area contributed by atoms with Crippen LogP contribution in [0.5, 0.6) is 0 Å². The van der Waals surface area contributed by atoms with Crippen LogP contribution in [0.2, 0.25) is 0 Å². The minimum atomic E-state index is 1.02. The number of rotatable bonds is 0. The van der Waals surface area contributed by atoms with Crippen LogP contribution < -0.4 is 0 Å². The van der Waals surface area contributed by atoms with Crippen molar-refractivity contribution in [3.63, 3.8) is 0 Å². The van der Waals surface area contributed by atoms with E-state index in [0.29, 0.717) is 0 Å². The molecular formula is C26H42. The van der Waals surface area contributed by atoms with Crippen LogP contribution in [0, 0.1) is 39.5 Å². The molecule has 146 valence electrons. The molecule has 2 aromatic rings. The fraction of sp³-hybridized carbons (Fsp3) is 0.538. The number of hydrogen-bond acceptors (Lipinski definition) is 0. The normalized spacial score (nSPS) is 18.2. The SMILES string of the molecule is CC.CC1CCC(C)CC1.Cc1ccc(C)cc1.Cc1ccc(C)cc1. The summed E-state index contributed by atoms with van der Waals surface area (Å²) >= 11 is 0. The Morgan fingerprint density at radius 2 is 0.615 bits per heavy atom. The molecular weight excluding hydrogens is 312 g/mol. The maximum Gasteiger partial charge on any atom is -0.0398 e. The molecule has 1 fully saturated rings. The first-order valence-electron chi connectivity index (χ1n) is 10.4. The maximum atomic E-state index is 2.37. The first-order valence-corrected chi connectivity index (χ1v) is 10.4. The van der Waals surface area contributed by atoms with Crippen LogP contribution >= 0.6 is 0 Å². The zero-order valence-corrected chi connectivity index (χ0v) is 18.6. The fourth-order valence-electron chi connectivity index (χ4n) is 2.70. The topological polar surface area (TPSA) is 0 Å². The second-order valence-electron chi connectivity index (χ2n) is 7.67. The van der Waals surface area contributed by atoms with Crippen molar-refractivity contribution >= 4 is 0 Å². The zero-order chi connectivity index (χ0) is 19.9. The Hall–Kier alpha value is -1.56. The first kappa shape index (κ1) is 24.4. The first-order chi connectivity index (χ1) is 12.4. The molecule has 0 saturated heterocycles. The molecule has 0 spiro atoms. The van der Waals surface area contributed by atoms with E-state index in [1.54, 1.807) is 0 Å². The van der Waals surface area contributed by atoms with Crippen molar-refractivity contribution in [2.75, 3.05) is 0 Å². The predicted molar refractivity (Wildman–Crippen MR) is 120 cm³/mol. The van der Waals surface area contributed by atoms with Gasteiger partial charge in [0.05, 0.1) is 0 Å². The Kier molecular flexibility index (Phi) is 13.7. The van der Waals surface area contributed by atoms with Crippen molar-refractivity contribution in [2.24, 2.45) is 11.8 Å². The van der Waals surface area contributed by atoms with Gasteiger partial charge >= 0.3 is 0 Å². The lowest BCUT2D eigenvalue weighted by Crippen LogP contribution is -2.08. The van der Waals surface area contributed by atoms with E-state index >= 15 is 0 Å². The highest BCUT2D eigenvalue weighted by molar-refractivity contribution is 5.20. The lowest BCUT2D eigenvalue weighted by atomic mass is 9.84. The van der Waals surface area contributed by atoms with Crippen LogP contribution in [0.25, 0.3) is 0 Å². The Morgan fingerprint density at radius 1 is 0.462 bits per heavy atom. The molecule has 0 heteroatoms. The Balaban J connectivity index is 0.000000344. The zero-order valence-electron chi connectivity index (χ0n) is 18.6. The van der Waals surface area contributed by atoms with E-state index in [-0.39, 0.29) is 0 Å². The van der Waals surface area contributed by atoms with Crippen LogP contribution in [0.15, 0.2) is 48.5 Å². The van der Waals surface area contributed by atoms with Gasteiger partial charge in [-0.15, -0.1) is 0 Å². The summed E-state index contributed by atoms with van der Waals surface area (Å²) in [6, 6.07) is 17.0. The van der Waals surface area contributed by atoms with Gasteiger partial charge in [0.25, 0.3) is 0 Å². The van der Waals surface area contributed by atoms with Crippen molar-refractivity contribution in [1.29, 1.82) is 0 Å². The van der Waals surface area contributed by atoms with Gasteiger partial charge in [-0.25, -0.2) is 0 Å². The van der Waals surface area contributed by atoms with Crippen LogP contribution in [0.4, 0.5) is 0 Å². The molecule has 2 aromatic carbocycles. The largest absolute Gasteiger partial charge is 0.0683 e. The summed E-state index contributed by atoms with van der Waals surface area (Å²) in [5, 5.41) is 0. The van der Waals surface area contributed by atoms with Gasteiger partial charge < -0.3 is 0 Å². The van der Waals surface area contributed by atoms with Crippen LogP contribution in [-0.2, 0) is 0 Å². The number of aryl methyl sites for hydroxylation is 4. The second-order valence-corrected chi connectivity index (χ2v) is 7.67. The average Bonchev–Trinajstić information content (AvgIpc) is 2.65. The Bertz CT molecular complexity index is 444. The number of hydrogen-bond donors (Lipinski definition) is 0. The predicted octanol–water partition coefficient (Wildman–Crippen LogP) is 8.47. The van der Waals surface area contributed by atoms with Gasteiger partial charge in [0, 0.05) is 0 Å². The van der Waals surface area contributed by atoms with Crippen molar-refractivity contribution < 1.29 is 0 Å². The van der Waals surface area contributed by atoms with E-state index in [1.165, 1.54) is 47.9 Å². The monoisotopic (exact) mass is 354 g/mol. The van der Waals surface area contributed by atoms with Gasteiger partial charge in [0.2, 0.25) is 0 Å². The summed E-state index contributed by atoms with van der Waals surface area (Å²) in [6.07, 6.45) is 5.89. The van der Waals surface area contributed by atoms with Gasteiger partial charge in [-0.1, -0.05) is 124 Å². The highest BCUT2D eigenvalue weighted by Crippen LogP contribution is 2.27. The van der Waals surface area contributed by atoms with E-state index in [4.69, 9.17) is 0 Å². The fourth-order valence-corrected chi connectivity index (χ4v) is 2.70. The molecule has 0 bridgehead atoms. The molecule has 0 nitrogen and oxygen atoms in total. The molecule has 0 aliphatic heterocycles. The molecule has 0 unspecified atom stereocenters. The summed E-state index contributed by atoms with van der Waals surface area (Å²) in [6.45, 7) is 17.1. The van der Waals surface area contributed by atoms with Crippen molar-refractivity contribution in [3.8, 4) is 0 Å². The minimum Gasteiger partial charge on any atom is -0.0683 e. The highest BCUT2D eigenvalue weighted by Gasteiger charge is 2.13. The molecule has 1 saturated carbocycles. The number of benzene rings is 2. The average molecular weight is 355 g/mol. The summed E-state index contributed by atoms with van der Waals surface area (Å²) in [5.41, 5.74) is 5.32. The molecule has 0 N–H and O–H groups in total. The van der Waals surface area contributed by atoms with E-state index in [2.05, 4.69) is 90.1 Å². The molecule has 0 amide bonds. The Morgan fingerprint density at radius 3 is 0.769 bits per heavy atom. The van der Waals surface area contributed by atoms with Gasteiger partial charge in [-0.05, 0) is 39.5 Å². The molecule has 0 heterocycles. The standard InChI is InChI=1S/C8H16.2C8H10.C2H6/c3*1-7-3-5-8(2)6-4-7;1-2/h7-8H,3-6H2,1-2H3;2*3-6H,1-2H3;1-2H3. The van der Waals surface area contributed by atoms with Crippen molar-refractivity contribution in [1.82, 2.24) is 0 Å². The lowest BCUT2D eigenvalue weighted by molar-refractivity contribution is 0.308. The van der Waals surface area contributed by atoms with Crippen LogP contribution in [0.3, 0.4) is 0 Å². The third-order valence-corrected chi connectivity index (χ3v) is 4.74. The minimum absolute atomic E-state index is 1.02. The third kappa shape index (κ3) is 12.8. The molecule has 1 aliphatic rings. The second kappa shape index (κ2) is 14.6. The van der Waals surface area contributed by atoms with Crippen molar-refractivity contribution in [3.05, 3.63) is 70.8 Å². The summed E-state index contributed by atoms with van der Waals surface area (Å²) in [4.78, 5) is 0. The van der Waals surface area contributed by atoms with Gasteiger partial charge in [0.15, 0.2) is 0 Å². The smallest absolute Gasteiger partial charge is 0.0398 e. The van der Waals surface area contributed by atoms with Crippen molar-refractivity contribution in [2.45, 2.75) is 81.1 Å². The Labute approximate surface area is 164 Å².